The van der Waals surface area contributed by atoms with Gasteiger partial charge in [0.05, 0.1) is 5.56 Å². The third-order valence-corrected chi connectivity index (χ3v) is 2.11. The Balaban J connectivity index is 3.03. The van der Waals surface area contributed by atoms with Crippen LogP contribution in [-0.2, 0) is 9.59 Å². The molecule has 0 bridgehead atoms. The van der Waals surface area contributed by atoms with E-state index >= 15 is 0 Å². The van der Waals surface area contributed by atoms with Crippen LogP contribution in [0.2, 0.25) is 0 Å². The van der Waals surface area contributed by atoms with Crippen LogP contribution in [0.15, 0.2) is 24.3 Å². The Morgan fingerprint density at radius 1 is 1.00 bits per heavy atom. The molecule has 18 heavy (non-hydrogen) atoms. The summed E-state index contributed by atoms with van der Waals surface area (Å²) in [6.07, 6.45) is 0. The van der Waals surface area contributed by atoms with E-state index in [0.29, 0.717) is 0 Å². The van der Waals surface area contributed by atoms with Crippen LogP contribution in [0.4, 0.5) is 5.69 Å². The molecule has 1 aromatic carbocycles. The highest BCUT2D eigenvalue weighted by Crippen LogP contribution is 2.16. The molecule has 0 aliphatic rings. The third kappa shape index (κ3) is 3.78. The minimum atomic E-state index is -1.20. The Morgan fingerprint density at radius 3 is 2.00 bits per heavy atom. The van der Waals surface area contributed by atoms with Crippen LogP contribution in [0, 0.1) is 0 Å². The summed E-state index contributed by atoms with van der Waals surface area (Å²) in [5, 5.41) is 26.2. The quantitative estimate of drug-likeness (QED) is 0.670. The molecule has 0 saturated heterocycles. The normalized spacial score (nSPS) is 9.78. The first-order chi connectivity index (χ1) is 8.40. The number of benzene rings is 1. The molecule has 0 radical (unpaired) electrons. The monoisotopic (exact) mass is 253 g/mol. The molecule has 0 heterocycles. The molecule has 0 aliphatic heterocycles. The van der Waals surface area contributed by atoms with E-state index in [1.807, 2.05) is 0 Å². The van der Waals surface area contributed by atoms with E-state index in [9.17, 15) is 14.4 Å². The van der Waals surface area contributed by atoms with E-state index in [1.165, 1.54) is 24.3 Å². The number of carboxylic acid groups (broad SMARTS) is 3. The van der Waals surface area contributed by atoms with Gasteiger partial charge >= 0.3 is 17.9 Å². The second-order valence-corrected chi connectivity index (χ2v) is 3.50. The van der Waals surface area contributed by atoms with Gasteiger partial charge in [-0.1, -0.05) is 6.07 Å². The van der Waals surface area contributed by atoms with Crippen LogP contribution in [0.3, 0.4) is 0 Å². The first-order valence-corrected chi connectivity index (χ1v) is 4.92. The third-order valence-electron chi connectivity index (χ3n) is 2.11. The average Bonchev–Trinajstić information content (AvgIpc) is 2.27. The van der Waals surface area contributed by atoms with Gasteiger partial charge in [-0.3, -0.25) is 9.59 Å². The van der Waals surface area contributed by atoms with Gasteiger partial charge in [-0.05, 0) is 18.2 Å². The van der Waals surface area contributed by atoms with E-state index in [1.54, 1.807) is 0 Å². The molecule has 0 aromatic heterocycles. The lowest BCUT2D eigenvalue weighted by Gasteiger charge is -2.20. The molecule has 0 fully saturated rings. The van der Waals surface area contributed by atoms with Crippen LogP contribution in [0.25, 0.3) is 0 Å². The molecule has 1 rings (SSSR count). The van der Waals surface area contributed by atoms with Crippen molar-refractivity contribution in [2.75, 3.05) is 18.0 Å². The van der Waals surface area contributed by atoms with Crippen molar-refractivity contribution in [3.05, 3.63) is 29.8 Å². The van der Waals surface area contributed by atoms with Crippen molar-refractivity contribution >= 4 is 23.6 Å². The summed E-state index contributed by atoms with van der Waals surface area (Å²) in [5.74, 6) is -3.56. The summed E-state index contributed by atoms with van der Waals surface area (Å²) in [7, 11) is 0. The van der Waals surface area contributed by atoms with E-state index in [0.717, 1.165) is 4.90 Å². The van der Waals surface area contributed by atoms with Crippen LogP contribution < -0.4 is 4.90 Å². The zero-order valence-corrected chi connectivity index (χ0v) is 9.24. The minimum Gasteiger partial charge on any atom is -0.480 e. The number of carboxylic acids is 3. The Hall–Kier alpha value is -2.57. The Morgan fingerprint density at radius 2 is 1.56 bits per heavy atom. The van der Waals surface area contributed by atoms with Gasteiger partial charge in [-0.15, -0.1) is 0 Å². The second kappa shape index (κ2) is 5.67. The molecule has 0 amide bonds. The number of aromatic carboxylic acids is 1. The Labute approximate surface area is 102 Å². The highest BCUT2D eigenvalue weighted by Gasteiger charge is 2.15. The number of hydrogen-bond donors (Lipinski definition) is 3. The molecular weight excluding hydrogens is 242 g/mol. The predicted octanol–water partition coefficient (Wildman–Crippen LogP) is 0.360. The van der Waals surface area contributed by atoms with Crippen molar-refractivity contribution < 1.29 is 29.7 Å². The van der Waals surface area contributed by atoms with Crippen molar-refractivity contribution in [3.63, 3.8) is 0 Å². The van der Waals surface area contributed by atoms with Gasteiger partial charge in [0.2, 0.25) is 0 Å². The number of carbonyl (C=O) groups is 3. The molecule has 0 spiro atoms. The van der Waals surface area contributed by atoms with E-state index < -0.39 is 31.0 Å². The fourth-order valence-corrected chi connectivity index (χ4v) is 1.40. The van der Waals surface area contributed by atoms with Crippen molar-refractivity contribution in [3.8, 4) is 0 Å². The van der Waals surface area contributed by atoms with E-state index in [-0.39, 0.29) is 11.3 Å². The zero-order valence-electron chi connectivity index (χ0n) is 9.24. The molecular formula is C11H11NO6. The van der Waals surface area contributed by atoms with Gasteiger partial charge in [0.25, 0.3) is 0 Å². The smallest absolute Gasteiger partial charge is 0.335 e. The lowest BCUT2D eigenvalue weighted by molar-refractivity contribution is -0.136. The summed E-state index contributed by atoms with van der Waals surface area (Å²) >= 11 is 0. The van der Waals surface area contributed by atoms with Crippen molar-refractivity contribution in [1.82, 2.24) is 0 Å². The van der Waals surface area contributed by atoms with Crippen molar-refractivity contribution in [2.24, 2.45) is 0 Å². The predicted molar refractivity (Wildman–Crippen MR) is 60.9 cm³/mol. The molecule has 7 heteroatoms. The number of nitrogens with zero attached hydrogens (tertiary/aromatic N) is 1. The number of anilines is 1. The molecule has 0 aliphatic carbocycles. The first-order valence-electron chi connectivity index (χ1n) is 4.92. The van der Waals surface area contributed by atoms with Crippen LogP contribution >= 0.6 is 0 Å². The average molecular weight is 253 g/mol. The minimum absolute atomic E-state index is 0.0340. The fraction of sp³-hybridized carbons (Fsp3) is 0.182. The largest absolute Gasteiger partial charge is 0.480 e. The maximum atomic E-state index is 10.8. The molecule has 0 unspecified atom stereocenters. The van der Waals surface area contributed by atoms with Crippen molar-refractivity contribution in [1.29, 1.82) is 0 Å². The van der Waals surface area contributed by atoms with Gasteiger partial charge in [0.15, 0.2) is 0 Å². The van der Waals surface area contributed by atoms with Crippen LogP contribution in [0.5, 0.6) is 0 Å². The SMILES string of the molecule is O=C(O)CN(CC(=O)O)c1cccc(C(=O)O)c1. The number of hydrogen-bond acceptors (Lipinski definition) is 4. The standard InChI is InChI=1S/C11H11NO6/c13-9(14)5-12(6-10(15)16)8-3-1-2-7(4-8)11(17)18/h1-4H,5-6H2,(H,13,14)(H,15,16)(H,17,18). The lowest BCUT2D eigenvalue weighted by atomic mass is 10.2. The molecule has 0 saturated carbocycles. The van der Waals surface area contributed by atoms with Gasteiger partial charge in [-0.25, -0.2) is 4.79 Å². The molecule has 7 nitrogen and oxygen atoms in total. The highest BCUT2D eigenvalue weighted by atomic mass is 16.4. The lowest BCUT2D eigenvalue weighted by Crippen LogP contribution is -2.34. The zero-order chi connectivity index (χ0) is 13.7. The van der Waals surface area contributed by atoms with E-state index in [4.69, 9.17) is 15.3 Å². The first kappa shape index (κ1) is 13.5. The van der Waals surface area contributed by atoms with Gasteiger partial charge in [0, 0.05) is 5.69 Å². The van der Waals surface area contributed by atoms with Gasteiger partial charge in [-0.2, -0.15) is 0 Å². The number of aliphatic carboxylic acids is 2. The fourth-order valence-electron chi connectivity index (χ4n) is 1.40. The van der Waals surface area contributed by atoms with Gasteiger partial charge < -0.3 is 20.2 Å². The molecule has 3 N–H and O–H groups in total. The highest BCUT2D eigenvalue weighted by molar-refractivity contribution is 5.89. The molecule has 0 atom stereocenters. The van der Waals surface area contributed by atoms with Crippen LogP contribution in [-0.4, -0.2) is 46.3 Å². The second-order valence-electron chi connectivity index (χ2n) is 3.50. The molecule has 96 valence electrons. The number of rotatable bonds is 6. The topological polar surface area (TPSA) is 115 Å². The summed E-state index contributed by atoms with van der Waals surface area (Å²) < 4.78 is 0. The van der Waals surface area contributed by atoms with Crippen LogP contribution in [0.1, 0.15) is 10.4 Å². The maximum absolute atomic E-state index is 10.8. The van der Waals surface area contributed by atoms with Gasteiger partial charge in [0.1, 0.15) is 13.1 Å². The maximum Gasteiger partial charge on any atom is 0.335 e. The Kier molecular flexibility index (Phi) is 4.25. The Bertz CT molecular complexity index is 468. The summed E-state index contributed by atoms with van der Waals surface area (Å²) in [4.78, 5) is 33.1. The summed E-state index contributed by atoms with van der Waals surface area (Å²) in [5.41, 5.74) is 0.202. The molecule has 1 aromatic rings. The van der Waals surface area contributed by atoms with E-state index in [2.05, 4.69) is 0 Å². The summed E-state index contributed by atoms with van der Waals surface area (Å²) in [6.45, 7) is -1.04. The van der Waals surface area contributed by atoms with Crippen molar-refractivity contribution in [2.45, 2.75) is 0 Å². The summed E-state index contributed by atoms with van der Waals surface area (Å²) in [6, 6.07) is 5.45.